The molecule has 0 saturated heterocycles. The van der Waals surface area contributed by atoms with Crippen LogP contribution in [0, 0.1) is 11.3 Å². The lowest BCUT2D eigenvalue weighted by Gasteiger charge is -2.13. The Hall–Kier alpha value is -2.19. The van der Waals surface area contributed by atoms with Gasteiger partial charge in [-0.2, -0.15) is 5.26 Å². The third-order valence-electron chi connectivity index (χ3n) is 2.91. The molecule has 1 aromatic rings. The monoisotopic (exact) mass is 323 g/mol. The van der Waals surface area contributed by atoms with Crippen LogP contribution in [-0.2, 0) is 4.79 Å². The van der Waals surface area contributed by atoms with E-state index in [1.807, 2.05) is 0 Å². The predicted octanol–water partition coefficient (Wildman–Crippen LogP) is 3.91. The highest BCUT2D eigenvalue weighted by molar-refractivity contribution is 6.32. The Balaban J connectivity index is 3.05. The van der Waals surface area contributed by atoms with E-state index in [1.165, 1.54) is 13.2 Å². The van der Waals surface area contributed by atoms with Crippen LogP contribution in [0.2, 0.25) is 5.02 Å². The first-order valence-electron chi connectivity index (χ1n) is 6.88. The Kier molecular flexibility index (Phi) is 7.27. The number of carboxylic acid groups (broad SMARTS) is 1. The maximum absolute atomic E-state index is 10.9. The molecule has 0 bridgehead atoms. The maximum Gasteiger partial charge on any atom is 0.346 e. The number of carboxylic acids is 1. The number of unbranched alkanes of at least 4 members (excludes halogenated alkanes) is 2. The first kappa shape index (κ1) is 17.9. The molecule has 0 amide bonds. The van der Waals surface area contributed by atoms with Gasteiger partial charge in [-0.15, -0.1) is 0 Å². The molecule has 0 aliphatic rings. The summed E-state index contributed by atoms with van der Waals surface area (Å²) in [7, 11) is 1.47. The Morgan fingerprint density at radius 3 is 2.73 bits per heavy atom. The van der Waals surface area contributed by atoms with Crippen LogP contribution in [0.25, 0.3) is 6.08 Å². The van der Waals surface area contributed by atoms with Crippen LogP contribution in [0.3, 0.4) is 0 Å². The number of benzene rings is 1. The molecule has 0 aromatic heterocycles. The van der Waals surface area contributed by atoms with E-state index >= 15 is 0 Å². The van der Waals surface area contributed by atoms with E-state index in [0.717, 1.165) is 19.3 Å². The fourth-order valence-corrected chi connectivity index (χ4v) is 2.07. The molecule has 1 rings (SSSR count). The zero-order chi connectivity index (χ0) is 16.5. The molecule has 0 atom stereocenters. The van der Waals surface area contributed by atoms with Gasteiger partial charge in [0.2, 0.25) is 0 Å². The molecule has 0 fully saturated rings. The van der Waals surface area contributed by atoms with Crippen LogP contribution in [0.15, 0.2) is 17.7 Å². The van der Waals surface area contributed by atoms with E-state index in [1.54, 1.807) is 18.2 Å². The molecule has 0 spiro atoms. The Bertz CT molecular complexity index is 605. The number of aliphatic carboxylic acids is 1. The molecule has 22 heavy (non-hydrogen) atoms. The summed E-state index contributed by atoms with van der Waals surface area (Å²) in [6.07, 6.45) is 4.29. The largest absolute Gasteiger partial charge is 0.493 e. The zero-order valence-corrected chi connectivity index (χ0v) is 13.3. The second kappa shape index (κ2) is 8.96. The lowest BCUT2D eigenvalue weighted by molar-refractivity contribution is -0.132. The molecule has 0 heterocycles. The fraction of sp³-hybridized carbons (Fsp3) is 0.375. The van der Waals surface area contributed by atoms with Gasteiger partial charge in [0, 0.05) is 0 Å². The molecule has 5 nitrogen and oxygen atoms in total. The second-order valence-corrected chi connectivity index (χ2v) is 4.97. The Morgan fingerprint density at radius 2 is 2.18 bits per heavy atom. The highest BCUT2D eigenvalue weighted by Crippen LogP contribution is 2.37. The third kappa shape index (κ3) is 4.97. The summed E-state index contributed by atoms with van der Waals surface area (Å²) in [5, 5.41) is 18.0. The van der Waals surface area contributed by atoms with Crippen molar-refractivity contribution in [2.45, 2.75) is 26.2 Å². The van der Waals surface area contributed by atoms with Gasteiger partial charge in [-0.05, 0) is 30.2 Å². The van der Waals surface area contributed by atoms with Gasteiger partial charge in [-0.25, -0.2) is 4.79 Å². The SMILES string of the molecule is CCCCCOc1c(Cl)cc(C=C(C#N)C(=O)O)cc1OC. The second-order valence-electron chi connectivity index (χ2n) is 4.56. The molecule has 0 aliphatic carbocycles. The molecule has 0 radical (unpaired) electrons. The summed E-state index contributed by atoms with van der Waals surface area (Å²) in [6.45, 7) is 2.63. The lowest BCUT2D eigenvalue weighted by atomic mass is 10.1. The topological polar surface area (TPSA) is 79.5 Å². The number of rotatable bonds is 8. The van der Waals surface area contributed by atoms with Gasteiger partial charge in [0.1, 0.15) is 11.6 Å². The van der Waals surface area contributed by atoms with Crippen molar-refractivity contribution in [1.29, 1.82) is 5.26 Å². The van der Waals surface area contributed by atoms with Gasteiger partial charge in [0.25, 0.3) is 0 Å². The Morgan fingerprint density at radius 1 is 1.45 bits per heavy atom. The van der Waals surface area contributed by atoms with E-state index < -0.39 is 5.97 Å². The van der Waals surface area contributed by atoms with Gasteiger partial charge in [0.05, 0.1) is 18.7 Å². The lowest BCUT2D eigenvalue weighted by Crippen LogP contribution is -2.01. The van der Waals surface area contributed by atoms with Crippen molar-refractivity contribution in [3.8, 4) is 17.6 Å². The number of hydrogen-bond donors (Lipinski definition) is 1. The minimum Gasteiger partial charge on any atom is -0.493 e. The van der Waals surface area contributed by atoms with Crippen LogP contribution >= 0.6 is 11.6 Å². The third-order valence-corrected chi connectivity index (χ3v) is 3.19. The summed E-state index contributed by atoms with van der Waals surface area (Å²) >= 11 is 6.17. The van der Waals surface area contributed by atoms with Crippen molar-refractivity contribution in [1.82, 2.24) is 0 Å². The smallest absolute Gasteiger partial charge is 0.346 e. The van der Waals surface area contributed by atoms with E-state index in [-0.39, 0.29) is 5.57 Å². The summed E-state index contributed by atoms with van der Waals surface area (Å²) in [6, 6.07) is 4.74. The average Bonchev–Trinajstić information content (AvgIpc) is 2.49. The summed E-state index contributed by atoms with van der Waals surface area (Å²) in [5.41, 5.74) is 0.0800. The predicted molar refractivity (Wildman–Crippen MR) is 84.2 cm³/mol. The Labute approximate surface area is 134 Å². The molecular formula is C16H18ClNO4. The highest BCUT2D eigenvalue weighted by Gasteiger charge is 2.13. The van der Waals surface area contributed by atoms with Crippen LogP contribution in [0.1, 0.15) is 31.7 Å². The standard InChI is InChI=1S/C16H18ClNO4/c1-3-4-5-6-22-15-13(17)8-11(9-14(15)21-2)7-12(10-18)16(19)20/h7-9H,3-6H2,1-2H3,(H,19,20). The quantitative estimate of drug-likeness (QED) is 0.445. The minimum atomic E-state index is -1.29. The van der Waals surface area contributed by atoms with E-state index in [9.17, 15) is 4.79 Å². The zero-order valence-electron chi connectivity index (χ0n) is 12.6. The van der Waals surface area contributed by atoms with E-state index in [4.69, 9.17) is 31.4 Å². The van der Waals surface area contributed by atoms with Gasteiger partial charge in [-0.1, -0.05) is 31.4 Å². The fourth-order valence-electron chi connectivity index (χ4n) is 1.80. The van der Waals surface area contributed by atoms with E-state index in [2.05, 4.69) is 6.92 Å². The molecule has 1 N–H and O–H groups in total. The van der Waals surface area contributed by atoms with E-state index in [0.29, 0.717) is 28.7 Å². The van der Waals surface area contributed by atoms with Gasteiger partial charge in [-0.3, -0.25) is 0 Å². The average molecular weight is 324 g/mol. The van der Waals surface area contributed by atoms with Gasteiger partial charge >= 0.3 is 5.97 Å². The minimum absolute atomic E-state index is 0.310. The van der Waals surface area contributed by atoms with Crippen LogP contribution in [0.5, 0.6) is 11.5 Å². The number of halogens is 1. The first-order valence-corrected chi connectivity index (χ1v) is 7.26. The van der Waals surface area contributed by atoms with Crippen LogP contribution < -0.4 is 9.47 Å². The molecule has 0 aliphatic heterocycles. The van der Waals surface area contributed by atoms with Crippen molar-refractivity contribution < 1.29 is 19.4 Å². The van der Waals surface area contributed by atoms with Crippen LogP contribution in [-0.4, -0.2) is 24.8 Å². The summed E-state index contributed by atoms with van der Waals surface area (Å²) in [4.78, 5) is 10.9. The van der Waals surface area contributed by atoms with Crippen LogP contribution in [0.4, 0.5) is 0 Å². The molecule has 118 valence electrons. The van der Waals surface area contributed by atoms with Gasteiger partial charge in [0.15, 0.2) is 11.5 Å². The number of ether oxygens (including phenoxy) is 2. The number of carbonyl (C=O) groups is 1. The van der Waals surface area contributed by atoms with Crippen molar-refractivity contribution in [3.05, 3.63) is 28.3 Å². The van der Waals surface area contributed by atoms with Gasteiger partial charge < -0.3 is 14.6 Å². The first-order chi connectivity index (χ1) is 10.5. The molecular weight excluding hydrogens is 306 g/mol. The molecule has 6 heteroatoms. The van der Waals surface area contributed by atoms with Crippen molar-refractivity contribution in [2.24, 2.45) is 0 Å². The number of nitriles is 1. The van der Waals surface area contributed by atoms with Crippen molar-refractivity contribution >= 4 is 23.6 Å². The summed E-state index contributed by atoms with van der Waals surface area (Å²) in [5.74, 6) is -0.471. The molecule has 0 unspecified atom stereocenters. The van der Waals surface area contributed by atoms with Crippen molar-refractivity contribution in [3.63, 3.8) is 0 Å². The molecule has 1 aromatic carbocycles. The number of nitrogens with zero attached hydrogens (tertiary/aromatic N) is 1. The normalized spacial score (nSPS) is 10.9. The number of methoxy groups -OCH3 is 1. The maximum atomic E-state index is 10.9. The number of hydrogen-bond acceptors (Lipinski definition) is 4. The van der Waals surface area contributed by atoms with Crippen molar-refractivity contribution in [2.75, 3.05) is 13.7 Å². The highest BCUT2D eigenvalue weighted by atomic mass is 35.5. The molecule has 0 saturated carbocycles. The summed E-state index contributed by atoms with van der Waals surface area (Å²) < 4.78 is 10.9.